The van der Waals surface area contributed by atoms with Gasteiger partial charge in [0.15, 0.2) is 0 Å². The molecule has 1 heterocycles. The van der Waals surface area contributed by atoms with Gasteiger partial charge in [-0.1, -0.05) is 36.0 Å². The number of rotatable bonds is 4. The van der Waals surface area contributed by atoms with E-state index in [2.05, 4.69) is 4.90 Å². The van der Waals surface area contributed by atoms with Crippen molar-refractivity contribution in [2.75, 3.05) is 20.2 Å². The fourth-order valence-corrected chi connectivity index (χ4v) is 2.74. The van der Waals surface area contributed by atoms with E-state index in [4.69, 9.17) is 34.3 Å². The fraction of sp³-hybridized carbons (Fsp3) is 0.500. The Hall–Kier alpha value is -0.680. The minimum atomic E-state index is 0.384. The standard InChI is InChI=1S/C14H19ClN2OS/c1-18-12-4-6-17(7-5-12)9-11-3-2-10(14(16)19)8-13(11)15/h2-3,8,12H,4-7,9H2,1H3,(H2,16,19). The van der Waals surface area contributed by atoms with Crippen molar-refractivity contribution in [2.45, 2.75) is 25.5 Å². The van der Waals surface area contributed by atoms with E-state index in [1.807, 2.05) is 18.2 Å². The number of piperidine rings is 1. The molecule has 1 fully saturated rings. The number of methoxy groups -OCH3 is 1. The minimum Gasteiger partial charge on any atom is -0.389 e. The molecule has 0 saturated carbocycles. The number of hydrogen-bond acceptors (Lipinski definition) is 3. The van der Waals surface area contributed by atoms with Crippen molar-refractivity contribution >= 4 is 28.8 Å². The molecule has 0 spiro atoms. The molecule has 2 N–H and O–H groups in total. The lowest BCUT2D eigenvalue weighted by Crippen LogP contribution is -2.36. The summed E-state index contributed by atoms with van der Waals surface area (Å²) in [6.07, 6.45) is 2.57. The van der Waals surface area contributed by atoms with Crippen molar-refractivity contribution in [2.24, 2.45) is 5.73 Å². The van der Waals surface area contributed by atoms with Crippen LogP contribution in [0.5, 0.6) is 0 Å². The van der Waals surface area contributed by atoms with E-state index in [1.54, 1.807) is 7.11 Å². The second-order valence-electron chi connectivity index (χ2n) is 4.88. The van der Waals surface area contributed by atoms with Crippen LogP contribution < -0.4 is 5.73 Å². The Morgan fingerprint density at radius 2 is 2.16 bits per heavy atom. The van der Waals surface area contributed by atoms with Crippen LogP contribution in [-0.2, 0) is 11.3 Å². The number of nitrogens with two attached hydrogens (primary N) is 1. The van der Waals surface area contributed by atoms with Gasteiger partial charge in [0, 0.05) is 37.3 Å². The molecule has 0 radical (unpaired) electrons. The van der Waals surface area contributed by atoms with E-state index < -0.39 is 0 Å². The maximum atomic E-state index is 6.28. The summed E-state index contributed by atoms with van der Waals surface area (Å²) in [5.41, 5.74) is 7.54. The maximum absolute atomic E-state index is 6.28. The van der Waals surface area contributed by atoms with Gasteiger partial charge < -0.3 is 10.5 Å². The molecule has 0 aliphatic carbocycles. The Labute approximate surface area is 124 Å². The molecule has 1 aliphatic rings. The van der Waals surface area contributed by atoms with Crippen LogP contribution in [0.3, 0.4) is 0 Å². The van der Waals surface area contributed by atoms with Gasteiger partial charge in [-0.05, 0) is 24.5 Å². The molecule has 1 saturated heterocycles. The van der Waals surface area contributed by atoms with Gasteiger partial charge in [-0.25, -0.2) is 0 Å². The third kappa shape index (κ3) is 3.89. The van der Waals surface area contributed by atoms with Crippen LogP contribution in [0.15, 0.2) is 18.2 Å². The van der Waals surface area contributed by atoms with Crippen molar-refractivity contribution in [1.82, 2.24) is 4.90 Å². The van der Waals surface area contributed by atoms with Gasteiger partial charge in [0.2, 0.25) is 0 Å². The zero-order valence-corrected chi connectivity index (χ0v) is 12.6. The normalized spacial score (nSPS) is 17.6. The van der Waals surface area contributed by atoms with E-state index in [1.165, 1.54) is 0 Å². The maximum Gasteiger partial charge on any atom is 0.104 e. The molecule has 0 atom stereocenters. The van der Waals surface area contributed by atoms with E-state index in [0.717, 1.165) is 48.6 Å². The number of hydrogen-bond donors (Lipinski definition) is 1. The summed E-state index contributed by atoms with van der Waals surface area (Å²) < 4.78 is 5.37. The molecule has 0 amide bonds. The molecule has 0 aromatic heterocycles. The van der Waals surface area contributed by atoms with Gasteiger partial charge >= 0.3 is 0 Å². The lowest BCUT2D eigenvalue weighted by molar-refractivity contribution is 0.0389. The first-order valence-corrected chi connectivity index (χ1v) is 7.22. The summed E-state index contributed by atoms with van der Waals surface area (Å²) in [4.78, 5) is 2.78. The van der Waals surface area contributed by atoms with E-state index in [-0.39, 0.29) is 0 Å². The van der Waals surface area contributed by atoms with E-state index in [9.17, 15) is 0 Å². The zero-order chi connectivity index (χ0) is 13.8. The largest absolute Gasteiger partial charge is 0.389 e. The molecular formula is C14H19ClN2OS. The number of thiocarbonyl (C=S) groups is 1. The highest BCUT2D eigenvalue weighted by atomic mass is 35.5. The highest BCUT2D eigenvalue weighted by Crippen LogP contribution is 2.22. The van der Waals surface area contributed by atoms with Crippen molar-refractivity contribution in [3.05, 3.63) is 34.3 Å². The molecule has 1 aromatic carbocycles. The van der Waals surface area contributed by atoms with Crippen molar-refractivity contribution in [1.29, 1.82) is 0 Å². The Balaban J connectivity index is 1.98. The molecule has 0 bridgehead atoms. The van der Waals surface area contributed by atoms with Crippen LogP contribution in [-0.4, -0.2) is 36.2 Å². The molecule has 3 nitrogen and oxygen atoms in total. The summed E-state index contributed by atoms with van der Waals surface area (Å²) in [6.45, 7) is 2.96. The molecule has 5 heteroatoms. The monoisotopic (exact) mass is 298 g/mol. The van der Waals surface area contributed by atoms with Crippen LogP contribution in [0.2, 0.25) is 5.02 Å². The highest BCUT2D eigenvalue weighted by Gasteiger charge is 2.19. The smallest absolute Gasteiger partial charge is 0.104 e. The Morgan fingerprint density at radius 3 is 2.68 bits per heavy atom. The van der Waals surface area contributed by atoms with Crippen LogP contribution in [0, 0.1) is 0 Å². The summed E-state index contributed by atoms with van der Waals surface area (Å²) in [5.74, 6) is 0. The predicted octanol–water partition coefficient (Wildman–Crippen LogP) is 2.59. The first-order chi connectivity index (χ1) is 9.10. The van der Waals surface area contributed by atoms with Gasteiger partial charge in [0.25, 0.3) is 0 Å². The topological polar surface area (TPSA) is 38.5 Å². The first kappa shape index (κ1) is 14.7. The molecule has 104 valence electrons. The SMILES string of the molecule is COC1CCN(Cc2ccc(C(N)=S)cc2Cl)CC1. The molecule has 19 heavy (non-hydrogen) atoms. The van der Waals surface area contributed by atoms with E-state index in [0.29, 0.717) is 11.1 Å². The van der Waals surface area contributed by atoms with Gasteiger partial charge in [-0.2, -0.15) is 0 Å². The zero-order valence-electron chi connectivity index (χ0n) is 11.1. The minimum absolute atomic E-state index is 0.384. The van der Waals surface area contributed by atoms with Gasteiger partial charge in [0.05, 0.1) is 6.10 Å². The fourth-order valence-electron chi connectivity index (χ4n) is 2.37. The first-order valence-electron chi connectivity index (χ1n) is 6.43. The third-order valence-electron chi connectivity index (χ3n) is 3.60. The number of benzene rings is 1. The molecule has 2 rings (SSSR count). The van der Waals surface area contributed by atoms with Crippen molar-refractivity contribution < 1.29 is 4.74 Å². The number of ether oxygens (including phenoxy) is 1. The average molecular weight is 299 g/mol. The van der Waals surface area contributed by atoms with E-state index >= 15 is 0 Å². The Morgan fingerprint density at radius 1 is 1.47 bits per heavy atom. The van der Waals surface area contributed by atoms with Crippen molar-refractivity contribution in [3.63, 3.8) is 0 Å². The second kappa shape index (κ2) is 6.66. The highest BCUT2D eigenvalue weighted by molar-refractivity contribution is 7.80. The van der Waals surface area contributed by atoms with Gasteiger partial charge in [-0.15, -0.1) is 0 Å². The van der Waals surface area contributed by atoms with Crippen LogP contribution >= 0.6 is 23.8 Å². The third-order valence-corrected chi connectivity index (χ3v) is 4.19. The molecule has 0 unspecified atom stereocenters. The Bertz CT molecular complexity index is 459. The van der Waals surface area contributed by atoms with Crippen LogP contribution in [0.25, 0.3) is 0 Å². The number of nitrogens with zero attached hydrogens (tertiary/aromatic N) is 1. The van der Waals surface area contributed by atoms with Gasteiger partial charge in [0.1, 0.15) is 4.99 Å². The summed E-state index contributed by atoms with van der Waals surface area (Å²) >= 11 is 11.2. The number of likely N-dealkylation sites (tertiary alicyclic amines) is 1. The van der Waals surface area contributed by atoms with Crippen LogP contribution in [0.1, 0.15) is 24.0 Å². The lowest BCUT2D eigenvalue weighted by Gasteiger charge is -2.31. The van der Waals surface area contributed by atoms with Crippen LogP contribution in [0.4, 0.5) is 0 Å². The number of halogens is 1. The summed E-state index contributed by atoms with van der Waals surface area (Å²) in [7, 11) is 1.78. The second-order valence-corrected chi connectivity index (χ2v) is 5.73. The quantitative estimate of drug-likeness (QED) is 0.867. The van der Waals surface area contributed by atoms with Gasteiger partial charge in [-0.3, -0.25) is 4.90 Å². The molecule has 1 aromatic rings. The summed E-state index contributed by atoms with van der Waals surface area (Å²) in [6, 6.07) is 5.80. The molecule has 1 aliphatic heterocycles. The predicted molar refractivity (Wildman–Crippen MR) is 82.6 cm³/mol. The molecular weight excluding hydrogens is 280 g/mol. The summed E-state index contributed by atoms with van der Waals surface area (Å²) in [5, 5.41) is 0.735. The Kier molecular flexibility index (Phi) is 5.16. The average Bonchev–Trinajstić information content (AvgIpc) is 2.41. The lowest BCUT2D eigenvalue weighted by atomic mass is 10.1. The van der Waals surface area contributed by atoms with Crippen molar-refractivity contribution in [3.8, 4) is 0 Å².